The third kappa shape index (κ3) is 6.43. The normalized spacial score (nSPS) is 21.2. The van der Waals surface area contributed by atoms with Gasteiger partial charge in [-0.15, -0.1) is 0 Å². The Labute approximate surface area is 99.1 Å². The van der Waals surface area contributed by atoms with Crippen LogP contribution in [0, 0.1) is 0 Å². The molecule has 3 unspecified atom stereocenters. The Balaban J connectivity index is 4.72. The van der Waals surface area contributed by atoms with Gasteiger partial charge in [-0.2, -0.15) is 0 Å². The second-order valence-electron chi connectivity index (χ2n) is 5.16. The van der Waals surface area contributed by atoms with Crippen LogP contribution in [0.3, 0.4) is 0 Å². The molecule has 0 aromatic heterocycles. The van der Waals surface area contributed by atoms with Gasteiger partial charge in [0.15, 0.2) is 0 Å². The van der Waals surface area contributed by atoms with Gasteiger partial charge in [0.1, 0.15) is 37.9 Å². The lowest BCUT2D eigenvalue weighted by molar-refractivity contribution is -0.935. The molecule has 0 fully saturated rings. The first-order valence-corrected chi connectivity index (χ1v) is 6.20. The van der Waals surface area contributed by atoms with Crippen molar-refractivity contribution >= 4 is 0 Å². The quantitative estimate of drug-likeness (QED) is 0.531. The van der Waals surface area contributed by atoms with E-state index in [0.29, 0.717) is 24.1 Å². The van der Waals surface area contributed by atoms with Crippen LogP contribution in [-0.4, -0.2) is 64.3 Å². The maximum atomic E-state index is 9.56. The van der Waals surface area contributed by atoms with E-state index in [0.717, 1.165) is 13.0 Å². The summed E-state index contributed by atoms with van der Waals surface area (Å²) in [6.45, 7) is 9.99. The molecule has 0 aromatic carbocycles. The SMILES string of the molecule is CCC[N+](CC(C)O)(CC(C)O)CC(C)O. The topological polar surface area (TPSA) is 60.7 Å². The molecule has 4 nitrogen and oxygen atoms in total. The zero-order valence-electron chi connectivity index (χ0n) is 11.1. The highest BCUT2D eigenvalue weighted by Crippen LogP contribution is 2.13. The molecule has 0 bridgehead atoms. The molecule has 0 amide bonds. The molecule has 0 aliphatic rings. The molecule has 4 heteroatoms. The Morgan fingerprint density at radius 2 is 1.12 bits per heavy atom. The van der Waals surface area contributed by atoms with Crippen molar-refractivity contribution < 1.29 is 19.8 Å². The number of rotatable bonds is 8. The summed E-state index contributed by atoms with van der Waals surface area (Å²) in [5.74, 6) is 0. The molecule has 98 valence electrons. The van der Waals surface area contributed by atoms with Crippen LogP contribution < -0.4 is 0 Å². The van der Waals surface area contributed by atoms with Crippen molar-refractivity contribution in [3.8, 4) is 0 Å². The first-order chi connectivity index (χ1) is 7.31. The van der Waals surface area contributed by atoms with Crippen molar-refractivity contribution in [1.82, 2.24) is 0 Å². The minimum absolute atomic E-state index is 0.413. The predicted octanol–water partition coefficient (Wildman–Crippen LogP) is 0.356. The van der Waals surface area contributed by atoms with Crippen LogP contribution >= 0.6 is 0 Å². The molecule has 0 spiro atoms. The Hall–Kier alpha value is -0.160. The van der Waals surface area contributed by atoms with Crippen molar-refractivity contribution in [2.45, 2.75) is 52.4 Å². The molecule has 0 saturated carbocycles. The van der Waals surface area contributed by atoms with Crippen LogP contribution in [0.4, 0.5) is 0 Å². The summed E-state index contributed by atoms with van der Waals surface area (Å²) in [4.78, 5) is 0. The molecular weight excluding hydrogens is 206 g/mol. The lowest BCUT2D eigenvalue weighted by atomic mass is 10.1. The Bertz CT molecular complexity index is 155. The highest BCUT2D eigenvalue weighted by molar-refractivity contribution is 4.57. The number of hydrogen-bond donors (Lipinski definition) is 3. The first kappa shape index (κ1) is 15.8. The van der Waals surface area contributed by atoms with Crippen LogP contribution in [-0.2, 0) is 0 Å². The molecule has 0 heterocycles. The van der Waals surface area contributed by atoms with Gasteiger partial charge in [0, 0.05) is 0 Å². The summed E-state index contributed by atoms with van der Waals surface area (Å²) in [6.07, 6.45) is -0.260. The minimum Gasteiger partial charge on any atom is -0.388 e. The molecule has 16 heavy (non-hydrogen) atoms. The summed E-state index contributed by atoms with van der Waals surface area (Å²) in [5.41, 5.74) is 0. The number of nitrogens with zero attached hydrogens (tertiary/aromatic N) is 1. The molecular formula is C12H28NO3+. The van der Waals surface area contributed by atoms with E-state index in [9.17, 15) is 15.3 Å². The molecule has 0 aliphatic heterocycles. The van der Waals surface area contributed by atoms with Crippen molar-refractivity contribution in [2.75, 3.05) is 26.2 Å². The van der Waals surface area contributed by atoms with Gasteiger partial charge in [-0.05, 0) is 27.2 Å². The van der Waals surface area contributed by atoms with Crippen molar-refractivity contribution in [3.63, 3.8) is 0 Å². The summed E-state index contributed by atoms with van der Waals surface area (Å²) >= 11 is 0. The van der Waals surface area contributed by atoms with Crippen molar-refractivity contribution in [2.24, 2.45) is 0 Å². The van der Waals surface area contributed by atoms with E-state index in [-0.39, 0.29) is 0 Å². The van der Waals surface area contributed by atoms with Crippen LogP contribution in [0.2, 0.25) is 0 Å². The molecule has 3 atom stereocenters. The Morgan fingerprint density at radius 1 is 0.812 bits per heavy atom. The second kappa shape index (κ2) is 7.22. The van der Waals surface area contributed by atoms with Gasteiger partial charge in [-0.25, -0.2) is 0 Å². The second-order valence-corrected chi connectivity index (χ2v) is 5.16. The highest BCUT2D eigenvalue weighted by Gasteiger charge is 2.31. The van der Waals surface area contributed by atoms with Gasteiger partial charge < -0.3 is 19.8 Å². The van der Waals surface area contributed by atoms with Crippen molar-refractivity contribution in [1.29, 1.82) is 0 Å². The maximum Gasteiger partial charge on any atom is 0.105 e. The van der Waals surface area contributed by atoms with E-state index in [1.165, 1.54) is 0 Å². The number of quaternary nitrogens is 1. The Morgan fingerprint density at radius 3 is 1.31 bits per heavy atom. The fraction of sp³-hybridized carbons (Fsp3) is 1.00. The smallest absolute Gasteiger partial charge is 0.105 e. The largest absolute Gasteiger partial charge is 0.388 e. The lowest BCUT2D eigenvalue weighted by Crippen LogP contribution is -2.58. The zero-order chi connectivity index (χ0) is 12.8. The van der Waals surface area contributed by atoms with Gasteiger partial charge in [0.25, 0.3) is 0 Å². The van der Waals surface area contributed by atoms with Gasteiger partial charge in [0.2, 0.25) is 0 Å². The molecule has 3 N–H and O–H groups in total. The van der Waals surface area contributed by atoms with Crippen molar-refractivity contribution in [3.05, 3.63) is 0 Å². The van der Waals surface area contributed by atoms with E-state index in [2.05, 4.69) is 6.92 Å². The number of hydrogen-bond acceptors (Lipinski definition) is 3. The van der Waals surface area contributed by atoms with Gasteiger partial charge in [0.05, 0.1) is 6.54 Å². The minimum atomic E-state index is -0.413. The molecule has 0 aromatic rings. The summed E-state index contributed by atoms with van der Waals surface area (Å²) in [6, 6.07) is 0. The number of aliphatic hydroxyl groups excluding tert-OH is 3. The first-order valence-electron chi connectivity index (χ1n) is 6.20. The molecule has 0 rings (SSSR count). The third-order valence-corrected chi connectivity index (χ3v) is 2.65. The maximum absolute atomic E-state index is 9.56. The number of aliphatic hydroxyl groups is 3. The molecule has 0 saturated heterocycles. The fourth-order valence-electron chi connectivity index (χ4n) is 2.65. The van der Waals surface area contributed by atoms with Gasteiger partial charge in [-0.3, -0.25) is 0 Å². The van der Waals surface area contributed by atoms with Gasteiger partial charge >= 0.3 is 0 Å². The van der Waals surface area contributed by atoms with E-state index in [1.807, 2.05) is 0 Å². The summed E-state index contributed by atoms with van der Waals surface area (Å²) in [7, 11) is 0. The Kier molecular flexibility index (Phi) is 7.15. The fourth-order valence-corrected chi connectivity index (χ4v) is 2.65. The monoisotopic (exact) mass is 234 g/mol. The van der Waals surface area contributed by atoms with E-state index in [1.54, 1.807) is 20.8 Å². The summed E-state index contributed by atoms with van der Waals surface area (Å²) in [5, 5.41) is 28.7. The van der Waals surface area contributed by atoms with Crippen LogP contribution in [0.25, 0.3) is 0 Å². The average molecular weight is 234 g/mol. The van der Waals surface area contributed by atoms with E-state index < -0.39 is 18.3 Å². The van der Waals surface area contributed by atoms with Crippen LogP contribution in [0.1, 0.15) is 34.1 Å². The van der Waals surface area contributed by atoms with Crippen LogP contribution in [0.15, 0.2) is 0 Å². The third-order valence-electron chi connectivity index (χ3n) is 2.65. The van der Waals surface area contributed by atoms with E-state index in [4.69, 9.17) is 0 Å². The predicted molar refractivity (Wildman–Crippen MR) is 65.1 cm³/mol. The molecule has 0 aliphatic carbocycles. The average Bonchev–Trinajstić information content (AvgIpc) is 1.98. The van der Waals surface area contributed by atoms with E-state index >= 15 is 0 Å². The van der Waals surface area contributed by atoms with Gasteiger partial charge in [-0.1, -0.05) is 6.92 Å². The zero-order valence-corrected chi connectivity index (χ0v) is 11.1. The lowest BCUT2D eigenvalue weighted by Gasteiger charge is -2.41. The highest BCUT2D eigenvalue weighted by atomic mass is 16.3. The molecule has 0 radical (unpaired) electrons. The van der Waals surface area contributed by atoms with Crippen LogP contribution in [0.5, 0.6) is 0 Å². The standard InChI is InChI=1S/C12H28NO3/c1-5-6-13(7-10(2)14,8-11(3)15)9-12(4)16/h10-12,14-16H,5-9H2,1-4H3/q+1. The summed E-state index contributed by atoms with van der Waals surface area (Å²) < 4.78 is 0.587.